The molecule has 0 radical (unpaired) electrons. The van der Waals surface area contributed by atoms with Gasteiger partial charge in [0.2, 0.25) is 5.91 Å². The van der Waals surface area contributed by atoms with Gasteiger partial charge in [-0.25, -0.2) is 0 Å². The number of fused-ring (bicyclic) bond motifs is 1. The lowest BCUT2D eigenvalue weighted by Crippen LogP contribution is -2.38. The van der Waals surface area contributed by atoms with Crippen LogP contribution in [0.5, 0.6) is 0 Å². The highest BCUT2D eigenvalue weighted by Gasteiger charge is 2.28. The minimum atomic E-state index is -0.816. The summed E-state index contributed by atoms with van der Waals surface area (Å²) in [6.07, 6.45) is 2.32. The van der Waals surface area contributed by atoms with E-state index in [-0.39, 0.29) is 24.3 Å². The summed E-state index contributed by atoms with van der Waals surface area (Å²) in [5, 5.41) is 14.1. The van der Waals surface area contributed by atoms with E-state index in [2.05, 4.69) is 26.9 Å². The normalized spacial score (nSPS) is 16.8. The van der Waals surface area contributed by atoms with Crippen LogP contribution in [0.25, 0.3) is 0 Å². The second-order valence-electron chi connectivity index (χ2n) is 6.49. The number of nitrogens with one attached hydrogen (secondary N) is 3. The smallest absolute Gasteiger partial charge is 0.252 e. The standard InChI is InChI=1S/C20H20N4O3S/c25-17(12-15-19-14(7-10-27-15)8-11-28-19)23-18(13-4-2-1-3-5-13)20(26)22-16-6-9-21-24-16/h1-6,8-9,11,15,18H,7,10,12H2,(H,23,25)(H2,21,22,24,26). The molecule has 1 aromatic carbocycles. The Balaban J connectivity index is 1.48. The number of anilines is 1. The maximum atomic E-state index is 12.8. The molecular formula is C20H20N4O3S. The van der Waals surface area contributed by atoms with Crippen LogP contribution in [0.15, 0.2) is 54.0 Å². The van der Waals surface area contributed by atoms with Crippen molar-refractivity contribution in [1.29, 1.82) is 0 Å². The van der Waals surface area contributed by atoms with E-state index in [4.69, 9.17) is 4.74 Å². The summed E-state index contributed by atoms with van der Waals surface area (Å²) in [4.78, 5) is 26.6. The molecule has 0 aliphatic carbocycles. The van der Waals surface area contributed by atoms with Crippen LogP contribution in [0.1, 0.15) is 34.6 Å². The predicted molar refractivity (Wildman–Crippen MR) is 106 cm³/mol. The van der Waals surface area contributed by atoms with Crippen LogP contribution in [0.2, 0.25) is 0 Å². The summed E-state index contributed by atoms with van der Waals surface area (Å²) in [5.41, 5.74) is 1.94. The number of amides is 2. The van der Waals surface area contributed by atoms with Crippen LogP contribution in [0.3, 0.4) is 0 Å². The molecule has 4 rings (SSSR count). The molecular weight excluding hydrogens is 376 g/mol. The molecule has 144 valence electrons. The van der Waals surface area contributed by atoms with Crippen molar-refractivity contribution in [3.8, 4) is 0 Å². The number of H-pyrrole nitrogens is 1. The minimum absolute atomic E-state index is 0.175. The molecule has 7 nitrogen and oxygen atoms in total. The number of rotatable bonds is 6. The first-order valence-corrected chi connectivity index (χ1v) is 9.91. The van der Waals surface area contributed by atoms with Crippen molar-refractivity contribution in [2.24, 2.45) is 0 Å². The average molecular weight is 396 g/mol. The second kappa shape index (κ2) is 8.37. The molecule has 2 amide bonds. The van der Waals surface area contributed by atoms with Gasteiger partial charge in [-0.3, -0.25) is 14.7 Å². The largest absolute Gasteiger partial charge is 0.372 e. The maximum Gasteiger partial charge on any atom is 0.252 e. The number of hydrogen-bond donors (Lipinski definition) is 3. The van der Waals surface area contributed by atoms with Crippen molar-refractivity contribution in [2.75, 3.05) is 11.9 Å². The zero-order valence-electron chi connectivity index (χ0n) is 15.1. The van der Waals surface area contributed by atoms with Crippen LogP contribution >= 0.6 is 11.3 Å². The number of aromatic amines is 1. The number of benzene rings is 1. The Bertz CT molecular complexity index is 940. The SMILES string of the molecule is O=C(CC1OCCc2ccsc21)NC(C(=O)Nc1ccn[nH]1)c1ccccc1. The molecule has 0 spiro atoms. The van der Waals surface area contributed by atoms with Crippen LogP contribution in [0.4, 0.5) is 5.82 Å². The van der Waals surface area contributed by atoms with Gasteiger partial charge in [0.05, 0.1) is 19.2 Å². The van der Waals surface area contributed by atoms with Gasteiger partial charge in [0.15, 0.2) is 0 Å². The molecule has 2 atom stereocenters. The van der Waals surface area contributed by atoms with Crippen molar-refractivity contribution in [2.45, 2.75) is 25.0 Å². The van der Waals surface area contributed by atoms with Gasteiger partial charge in [-0.2, -0.15) is 5.10 Å². The number of carbonyl (C=O) groups is 2. The summed E-state index contributed by atoms with van der Waals surface area (Å²) >= 11 is 1.60. The van der Waals surface area contributed by atoms with E-state index in [0.29, 0.717) is 18.0 Å². The van der Waals surface area contributed by atoms with Crippen LogP contribution in [-0.2, 0) is 20.7 Å². The summed E-state index contributed by atoms with van der Waals surface area (Å²) < 4.78 is 5.80. The quantitative estimate of drug-likeness (QED) is 0.597. The van der Waals surface area contributed by atoms with Crippen LogP contribution in [0, 0.1) is 0 Å². The third-order valence-electron chi connectivity index (χ3n) is 4.59. The van der Waals surface area contributed by atoms with Crippen LogP contribution in [-0.4, -0.2) is 28.6 Å². The molecule has 1 aliphatic rings. The van der Waals surface area contributed by atoms with Gasteiger partial charge in [-0.05, 0) is 29.0 Å². The Hall–Kier alpha value is -2.97. The fourth-order valence-electron chi connectivity index (χ4n) is 3.24. The number of aromatic nitrogens is 2. The lowest BCUT2D eigenvalue weighted by Gasteiger charge is -2.24. The first-order valence-electron chi connectivity index (χ1n) is 9.03. The first kappa shape index (κ1) is 18.4. The van der Waals surface area contributed by atoms with Gasteiger partial charge in [0, 0.05) is 10.9 Å². The lowest BCUT2D eigenvalue weighted by molar-refractivity contribution is -0.129. The van der Waals surface area contributed by atoms with Crippen molar-refractivity contribution in [3.63, 3.8) is 0 Å². The highest BCUT2D eigenvalue weighted by molar-refractivity contribution is 7.10. The number of hydrogen-bond acceptors (Lipinski definition) is 5. The zero-order chi connectivity index (χ0) is 19.3. The van der Waals surface area contributed by atoms with E-state index < -0.39 is 6.04 Å². The van der Waals surface area contributed by atoms with Crippen molar-refractivity contribution in [3.05, 3.63) is 70.0 Å². The minimum Gasteiger partial charge on any atom is -0.372 e. The van der Waals surface area contributed by atoms with E-state index in [1.165, 1.54) is 5.56 Å². The molecule has 0 saturated heterocycles. The van der Waals surface area contributed by atoms with E-state index in [1.807, 2.05) is 35.7 Å². The summed E-state index contributed by atoms with van der Waals surface area (Å²) in [6.45, 7) is 0.601. The van der Waals surface area contributed by atoms with Gasteiger partial charge in [-0.15, -0.1) is 11.3 Å². The van der Waals surface area contributed by atoms with Crippen molar-refractivity contribution in [1.82, 2.24) is 15.5 Å². The van der Waals surface area contributed by atoms with Crippen LogP contribution < -0.4 is 10.6 Å². The Kier molecular flexibility index (Phi) is 5.50. The number of nitrogens with zero attached hydrogens (tertiary/aromatic N) is 1. The third-order valence-corrected chi connectivity index (χ3v) is 5.64. The maximum absolute atomic E-state index is 12.8. The molecule has 0 saturated carbocycles. The molecule has 3 aromatic rings. The predicted octanol–water partition coefficient (Wildman–Crippen LogP) is 2.97. The molecule has 2 aromatic heterocycles. The Labute approximate surface area is 166 Å². The average Bonchev–Trinajstić information content (AvgIpc) is 3.39. The van der Waals surface area contributed by atoms with Gasteiger partial charge in [0.1, 0.15) is 18.0 Å². The fraction of sp³-hybridized carbons (Fsp3) is 0.250. The molecule has 2 unspecified atom stereocenters. The molecule has 1 aliphatic heterocycles. The summed E-state index contributed by atoms with van der Waals surface area (Å²) in [6, 6.07) is 12.1. The molecule has 0 bridgehead atoms. The Morgan fingerprint density at radius 1 is 1.25 bits per heavy atom. The number of ether oxygens (including phenoxy) is 1. The highest BCUT2D eigenvalue weighted by Crippen LogP contribution is 2.34. The molecule has 28 heavy (non-hydrogen) atoms. The van der Waals surface area contributed by atoms with Gasteiger partial charge in [-0.1, -0.05) is 30.3 Å². The Morgan fingerprint density at radius 2 is 2.11 bits per heavy atom. The topological polar surface area (TPSA) is 96.1 Å². The first-order chi connectivity index (χ1) is 13.7. The Morgan fingerprint density at radius 3 is 2.89 bits per heavy atom. The molecule has 0 fully saturated rings. The molecule has 3 heterocycles. The van der Waals surface area contributed by atoms with Crippen molar-refractivity contribution >= 4 is 29.0 Å². The van der Waals surface area contributed by atoms with Crippen molar-refractivity contribution < 1.29 is 14.3 Å². The fourth-order valence-corrected chi connectivity index (χ4v) is 4.24. The van der Waals surface area contributed by atoms with Gasteiger partial charge < -0.3 is 15.4 Å². The molecule has 8 heteroatoms. The highest BCUT2D eigenvalue weighted by atomic mass is 32.1. The number of carbonyl (C=O) groups excluding carboxylic acids is 2. The van der Waals surface area contributed by atoms with Gasteiger partial charge >= 0.3 is 0 Å². The monoisotopic (exact) mass is 396 g/mol. The van der Waals surface area contributed by atoms with E-state index in [0.717, 1.165) is 11.3 Å². The second-order valence-corrected chi connectivity index (χ2v) is 7.44. The van der Waals surface area contributed by atoms with E-state index >= 15 is 0 Å². The summed E-state index contributed by atoms with van der Waals surface area (Å²) in [5.74, 6) is -0.107. The van der Waals surface area contributed by atoms with E-state index in [9.17, 15) is 9.59 Å². The number of thiophene rings is 1. The molecule has 3 N–H and O–H groups in total. The zero-order valence-corrected chi connectivity index (χ0v) is 15.9. The van der Waals surface area contributed by atoms with E-state index in [1.54, 1.807) is 23.6 Å². The third kappa shape index (κ3) is 4.13. The lowest BCUT2D eigenvalue weighted by atomic mass is 10.0. The summed E-state index contributed by atoms with van der Waals surface area (Å²) in [7, 11) is 0. The van der Waals surface area contributed by atoms with Gasteiger partial charge in [0.25, 0.3) is 5.91 Å².